The Labute approximate surface area is 63.6 Å². The molecule has 0 aliphatic rings. The summed E-state index contributed by atoms with van der Waals surface area (Å²) in [6, 6.07) is 0. The Bertz CT molecular complexity index is 55.1. The van der Waals surface area contributed by atoms with Gasteiger partial charge in [-0.05, 0) is 0 Å². The van der Waals surface area contributed by atoms with Crippen LogP contribution in [0, 0.1) is 0 Å². The third-order valence-corrected chi connectivity index (χ3v) is 0. The molecule has 0 bridgehead atoms. The summed E-state index contributed by atoms with van der Waals surface area (Å²) < 4.78 is 78.0. The topological polar surface area (TPSA) is 0 Å². The van der Waals surface area contributed by atoms with Gasteiger partial charge >= 0.3 is 28.0 Å². The van der Waals surface area contributed by atoms with Crippen molar-refractivity contribution in [2.75, 3.05) is 0 Å². The lowest BCUT2D eigenvalue weighted by molar-refractivity contribution is 0.366. The van der Waals surface area contributed by atoms with Crippen molar-refractivity contribution in [3.8, 4) is 0 Å². The highest BCUT2D eigenvalue weighted by molar-refractivity contribution is 7.37. The molecule has 0 saturated carbocycles. The van der Waals surface area contributed by atoms with Crippen LogP contribution in [0.3, 0.4) is 0 Å². The molecule has 11 heavy (non-hydrogen) atoms. The molecular weight excluding hydrogens is 206 g/mol. The molecule has 0 fully saturated rings. The van der Waals surface area contributed by atoms with E-state index < -0.39 is 14.5 Å². The van der Waals surface area contributed by atoms with Crippen molar-refractivity contribution in [3.05, 3.63) is 0 Å². The van der Waals surface area contributed by atoms with Crippen molar-refractivity contribution >= 4 is 28.0 Å². The van der Waals surface area contributed by atoms with Crippen molar-refractivity contribution in [1.29, 1.82) is 0 Å². The zero-order valence-electron chi connectivity index (χ0n) is 4.59. The summed E-state index contributed by atoms with van der Waals surface area (Å²) in [7, 11) is -12.0. The van der Waals surface area contributed by atoms with Crippen LogP contribution in [0.5, 0.6) is 0 Å². The molecule has 0 aromatic heterocycles. The van der Waals surface area contributed by atoms with Gasteiger partial charge in [0, 0.05) is 0 Å². The smallest absolute Gasteiger partial charge is 0.418 e. The van der Waals surface area contributed by atoms with Gasteiger partial charge in [0.1, 0.15) is 0 Å². The molecule has 0 heterocycles. The second-order valence-corrected chi connectivity index (χ2v) is 0.990. The second-order valence-electron chi connectivity index (χ2n) is 0.990. The lowest BCUT2D eigenvalue weighted by atomic mass is 10.3. The van der Waals surface area contributed by atoms with Gasteiger partial charge in [-0.15, -0.1) is 0 Å². The van der Waals surface area contributed by atoms with Crippen LogP contribution in [-0.2, 0) is 13.5 Å². The third-order valence-electron chi connectivity index (χ3n) is 0. The largest absolute Gasteiger partial charge is 2.00 e. The predicted molar refractivity (Wildman–Crippen MR) is 27.7 cm³/mol. The van der Waals surface area contributed by atoms with Crippen LogP contribution in [0.4, 0.5) is 34.5 Å². The second kappa shape index (κ2) is 5.55. The average Bonchev–Trinajstić information content (AvgIpc) is 1.12. The molecule has 0 amide bonds. The van der Waals surface area contributed by atoms with Crippen molar-refractivity contribution in [2.45, 2.75) is 0 Å². The van der Waals surface area contributed by atoms with E-state index in [1.165, 1.54) is 0 Å². The van der Waals surface area contributed by atoms with E-state index in [-0.39, 0.29) is 13.5 Å². The molecule has 0 aromatic carbocycles. The zero-order chi connectivity index (χ0) is 9.00. The normalized spacial score (nSPS) is 10.9. The molecule has 0 N–H and O–H groups in total. The lowest BCUT2D eigenvalue weighted by Crippen LogP contribution is -2.02. The fraction of sp³-hybridized carbons (Fsp3) is 0. The molecule has 0 nitrogen and oxygen atoms in total. The molecule has 4 radical (unpaired) electrons. The minimum absolute atomic E-state index is 0. The van der Waals surface area contributed by atoms with E-state index in [0.717, 1.165) is 0 Å². The molecule has 0 aromatic rings. The van der Waals surface area contributed by atoms with Crippen molar-refractivity contribution in [2.24, 2.45) is 0 Å². The Hall–Kier alpha value is -0.0801. The molecule has 0 saturated heterocycles. The maximum Gasteiger partial charge on any atom is 2.00 e. The van der Waals surface area contributed by atoms with E-state index >= 15 is 0 Å². The van der Waals surface area contributed by atoms with E-state index in [1.54, 1.807) is 0 Å². The Kier molecular flexibility index (Phi) is 8.65. The van der Waals surface area contributed by atoms with E-state index in [2.05, 4.69) is 0 Å². The van der Waals surface area contributed by atoms with Gasteiger partial charge in [0.05, 0.1) is 0 Å². The fourth-order valence-electron chi connectivity index (χ4n) is 0. The first-order valence-electron chi connectivity index (χ1n) is 1.75. The van der Waals surface area contributed by atoms with Gasteiger partial charge in [-0.3, -0.25) is 0 Å². The summed E-state index contributed by atoms with van der Waals surface area (Å²) in [6.07, 6.45) is 0. The highest BCUT2D eigenvalue weighted by atomic mass is 32.1. The highest BCUT2D eigenvalue weighted by Gasteiger charge is 2.21. The van der Waals surface area contributed by atoms with Gasteiger partial charge in [-0.1, -0.05) is 0 Å². The van der Waals surface area contributed by atoms with Gasteiger partial charge < -0.3 is 34.5 Å². The Morgan fingerprint density at radius 3 is 0.455 bits per heavy atom. The maximum absolute atomic E-state index is 9.75. The maximum atomic E-state index is 9.75. The van der Waals surface area contributed by atoms with Gasteiger partial charge in [0.2, 0.25) is 0 Å². The van der Waals surface area contributed by atoms with Gasteiger partial charge in [0.25, 0.3) is 0 Å². The minimum atomic E-state index is -6.00. The summed E-state index contributed by atoms with van der Waals surface area (Å²) in [5, 5.41) is 0. The van der Waals surface area contributed by atoms with Crippen molar-refractivity contribution in [1.82, 2.24) is 0 Å². The van der Waals surface area contributed by atoms with Crippen LogP contribution in [0.1, 0.15) is 0 Å². The number of hydrogen-bond acceptors (Lipinski definition) is 0. The van der Waals surface area contributed by atoms with E-state index in [4.69, 9.17) is 0 Å². The first-order chi connectivity index (χ1) is 4.00. The van der Waals surface area contributed by atoms with Crippen LogP contribution in [0.25, 0.3) is 0 Å². The van der Waals surface area contributed by atoms with E-state index in [0.29, 0.717) is 0 Å². The molecule has 0 unspecified atom stereocenters. The summed E-state index contributed by atoms with van der Waals surface area (Å²) in [5.41, 5.74) is 0. The van der Waals surface area contributed by atoms with Crippen LogP contribution in [0.2, 0.25) is 0 Å². The van der Waals surface area contributed by atoms with Gasteiger partial charge in [0.15, 0.2) is 0 Å². The van der Waals surface area contributed by atoms with Crippen LogP contribution in [0.15, 0.2) is 0 Å². The fourth-order valence-corrected chi connectivity index (χ4v) is 0. The molecule has 0 rings (SSSR count). The first-order valence-corrected chi connectivity index (χ1v) is 1.75. The van der Waals surface area contributed by atoms with Gasteiger partial charge in [-0.2, -0.15) is 0 Å². The zero-order valence-corrected chi connectivity index (χ0v) is 5.40. The van der Waals surface area contributed by atoms with E-state index in [9.17, 15) is 34.5 Å². The Morgan fingerprint density at radius 2 is 0.455 bits per heavy atom. The Morgan fingerprint density at radius 1 is 0.455 bits per heavy atom. The molecule has 0 spiro atoms. The summed E-state index contributed by atoms with van der Waals surface area (Å²) >= 11 is 0. The highest BCUT2D eigenvalue weighted by Crippen LogP contribution is 2.07. The summed E-state index contributed by atoms with van der Waals surface area (Å²) in [6.45, 7) is 0. The summed E-state index contributed by atoms with van der Waals surface area (Å²) in [5.74, 6) is 0. The quantitative estimate of drug-likeness (QED) is 0.421. The van der Waals surface area contributed by atoms with E-state index in [1.807, 2.05) is 0 Å². The lowest BCUT2D eigenvalue weighted by Gasteiger charge is -1.94. The van der Waals surface area contributed by atoms with Gasteiger partial charge in [-0.25, -0.2) is 0 Å². The molecule has 0 atom stereocenters. The van der Waals surface area contributed by atoms with Crippen molar-refractivity contribution in [3.63, 3.8) is 0 Å². The van der Waals surface area contributed by atoms with Crippen LogP contribution >= 0.6 is 0 Å². The predicted octanol–water partition coefficient (Wildman–Crippen LogP) is 2.60. The van der Waals surface area contributed by atoms with Crippen molar-refractivity contribution < 1.29 is 34.5 Å². The monoisotopic (exact) mass is 206 g/mol. The molecule has 0 aliphatic heterocycles. The van der Waals surface area contributed by atoms with Crippen LogP contribution in [-0.4, -0.2) is 14.5 Å². The third kappa shape index (κ3) is 96900. The number of halogens is 8. The Balaban J connectivity index is -0.000000107. The standard InChI is InChI=1S/2BF4.S/c2*2-1(3,4)5;/q2*-1;+2. The molecule has 0 aliphatic carbocycles. The number of hydrogen-bond donors (Lipinski definition) is 0. The minimum Gasteiger partial charge on any atom is -0.418 e. The van der Waals surface area contributed by atoms with Crippen LogP contribution < -0.4 is 0 Å². The average molecular weight is 206 g/mol. The first kappa shape index (κ1) is 17.1. The molecule has 68 valence electrons. The summed E-state index contributed by atoms with van der Waals surface area (Å²) in [4.78, 5) is 0. The molecule has 11 heteroatoms. The molecular formula is B2F8S. The number of rotatable bonds is 0. The SMILES string of the molecule is F[B-](F)(F)F.F[B-](F)(F)F.[S+2].